The second-order valence-corrected chi connectivity index (χ2v) is 6.06. The second kappa shape index (κ2) is 6.36. The van der Waals surface area contributed by atoms with Gasteiger partial charge in [0.1, 0.15) is 5.65 Å². The zero-order valence-electron chi connectivity index (χ0n) is 13.2. The van der Waals surface area contributed by atoms with Crippen LogP contribution in [0.5, 0.6) is 0 Å². The van der Waals surface area contributed by atoms with E-state index in [1.807, 2.05) is 39.9 Å². The molecule has 22 heavy (non-hydrogen) atoms. The van der Waals surface area contributed by atoms with Gasteiger partial charge in [0.05, 0.1) is 12.2 Å². The highest BCUT2D eigenvalue weighted by Gasteiger charge is 2.24. The number of likely N-dealkylation sites (tertiary alicyclic amines) is 1. The molecule has 3 heterocycles. The number of hydrogen-bond donors (Lipinski definition) is 1. The summed E-state index contributed by atoms with van der Waals surface area (Å²) in [5, 5.41) is 2.98. The number of urea groups is 1. The predicted molar refractivity (Wildman–Crippen MR) is 85.7 cm³/mol. The van der Waals surface area contributed by atoms with E-state index in [-0.39, 0.29) is 6.03 Å². The van der Waals surface area contributed by atoms with Gasteiger partial charge in [-0.3, -0.25) is 0 Å². The number of pyridine rings is 1. The summed E-state index contributed by atoms with van der Waals surface area (Å²) in [4.78, 5) is 20.9. The molecule has 0 spiro atoms. The summed E-state index contributed by atoms with van der Waals surface area (Å²) in [7, 11) is 4.14. The third-order valence-electron chi connectivity index (χ3n) is 4.25. The average molecular weight is 301 g/mol. The first-order chi connectivity index (χ1) is 10.6. The molecule has 0 aromatic carbocycles. The average Bonchev–Trinajstić information content (AvgIpc) is 2.95. The van der Waals surface area contributed by atoms with Gasteiger partial charge in [-0.25, -0.2) is 9.78 Å². The van der Waals surface area contributed by atoms with Gasteiger partial charge >= 0.3 is 6.03 Å². The molecule has 1 aliphatic rings. The molecule has 1 unspecified atom stereocenters. The minimum Gasteiger partial charge on any atom is -0.332 e. The quantitative estimate of drug-likeness (QED) is 0.936. The topological polar surface area (TPSA) is 52.9 Å². The van der Waals surface area contributed by atoms with Crippen molar-refractivity contribution in [1.29, 1.82) is 0 Å². The maximum Gasteiger partial charge on any atom is 0.317 e. The predicted octanol–water partition coefficient (Wildman–Crippen LogP) is 1.57. The van der Waals surface area contributed by atoms with Crippen LogP contribution in [-0.2, 0) is 6.54 Å². The Bertz CT molecular complexity index is 618. The van der Waals surface area contributed by atoms with Crippen LogP contribution in [0.3, 0.4) is 0 Å². The Morgan fingerprint density at radius 1 is 1.45 bits per heavy atom. The molecule has 3 rings (SSSR count). The van der Waals surface area contributed by atoms with E-state index in [1.54, 1.807) is 0 Å². The standard InChI is InChI=1S/C16H23N5O/c1-19(2)14-6-5-9-21(12-14)16(22)17-10-13-11-20-8-4-3-7-15(20)18-13/h3-4,7-8,11,14H,5-6,9-10,12H2,1-2H3,(H,17,22). The highest BCUT2D eigenvalue weighted by Crippen LogP contribution is 2.13. The van der Waals surface area contributed by atoms with Gasteiger partial charge in [-0.1, -0.05) is 6.07 Å². The van der Waals surface area contributed by atoms with E-state index in [0.717, 1.165) is 37.3 Å². The number of piperidine rings is 1. The monoisotopic (exact) mass is 301 g/mol. The number of likely N-dealkylation sites (N-methyl/N-ethyl adjacent to an activating group) is 1. The van der Waals surface area contributed by atoms with Crippen LogP contribution in [0.1, 0.15) is 18.5 Å². The van der Waals surface area contributed by atoms with Gasteiger partial charge in [-0.05, 0) is 39.1 Å². The normalized spacial score (nSPS) is 18.9. The van der Waals surface area contributed by atoms with Crippen molar-refractivity contribution in [3.8, 4) is 0 Å². The molecule has 1 saturated heterocycles. The summed E-state index contributed by atoms with van der Waals surface area (Å²) in [5.74, 6) is 0. The van der Waals surface area contributed by atoms with E-state index in [1.165, 1.54) is 0 Å². The molecule has 0 radical (unpaired) electrons. The first-order valence-corrected chi connectivity index (χ1v) is 7.75. The number of hydrogen-bond acceptors (Lipinski definition) is 3. The summed E-state index contributed by atoms with van der Waals surface area (Å²) < 4.78 is 1.96. The SMILES string of the molecule is CN(C)C1CCCN(C(=O)NCc2cn3ccccc3n2)C1. The molecule has 2 aromatic rings. The first-order valence-electron chi connectivity index (χ1n) is 7.75. The van der Waals surface area contributed by atoms with Crippen molar-refractivity contribution in [2.75, 3.05) is 27.2 Å². The van der Waals surface area contributed by atoms with Gasteiger partial charge in [0, 0.05) is 31.5 Å². The zero-order chi connectivity index (χ0) is 15.5. The summed E-state index contributed by atoms with van der Waals surface area (Å²) in [5.41, 5.74) is 1.78. The fourth-order valence-corrected chi connectivity index (χ4v) is 2.91. The number of carbonyl (C=O) groups is 1. The van der Waals surface area contributed by atoms with E-state index >= 15 is 0 Å². The number of imidazole rings is 1. The van der Waals surface area contributed by atoms with Gasteiger partial charge in [-0.15, -0.1) is 0 Å². The van der Waals surface area contributed by atoms with Gasteiger partial charge in [0.15, 0.2) is 0 Å². The smallest absolute Gasteiger partial charge is 0.317 e. The van der Waals surface area contributed by atoms with E-state index in [2.05, 4.69) is 29.3 Å². The minimum absolute atomic E-state index is 0.00334. The van der Waals surface area contributed by atoms with Crippen molar-refractivity contribution >= 4 is 11.7 Å². The molecule has 0 aliphatic carbocycles. The Kier molecular flexibility index (Phi) is 4.29. The fraction of sp³-hybridized carbons (Fsp3) is 0.500. The maximum atomic E-state index is 12.3. The lowest BCUT2D eigenvalue weighted by molar-refractivity contribution is 0.139. The zero-order valence-corrected chi connectivity index (χ0v) is 13.2. The van der Waals surface area contributed by atoms with Crippen LogP contribution >= 0.6 is 0 Å². The van der Waals surface area contributed by atoms with Gasteiger partial charge in [0.2, 0.25) is 0 Å². The van der Waals surface area contributed by atoms with Crippen molar-refractivity contribution in [1.82, 2.24) is 24.5 Å². The number of amides is 2. The van der Waals surface area contributed by atoms with Crippen molar-refractivity contribution in [3.63, 3.8) is 0 Å². The first kappa shape index (κ1) is 14.8. The largest absolute Gasteiger partial charge is 0.332 e. The Labute approximate surface area is 130 Å². The molecule has 1 fully saturated rings. The Balaban J connectivity index is 1.57. The maximum absolute atomic E-state index is 12.3. The number of nitrogens with one attached hydrogen (secondary N) is 1. The lowest BCUT2D eigenvalue weighted by Gasteiger charge is -2.36. The van der Waals surface area contributed by atoms with Crippen LogP contribution < -0.4 is 5.32 Å². The molecule has 0 bridgehead atoms. The summed E-state index contributed by atoms with van der Waals surface area (Å²) >= 11 is 0. The molecule has 1 N–H and O–H groups in total. The molecule has 0 saturated carbocycles. The van der Waals surface area contributed by atoms with Gasteiger partial charge in [0.25, 0.3) is 0 Å². The molecule has 1 atom stereocenters. The van der Waals surface area contributed by atoms with Crippen LogP contribution in [0.2, 0.25) is 0 Å². The van der Waals surface area contributed by atoms with Crippen LogP contribution in [0.4, 0.5) is 4.79 Å². The molecule has 6 nitrogen and oxygen atoms in total. The summed E-state index contributed by atoms with van der Waals surface area (Å²) in [6.07, 6.45) is 6.13. The molecule has 2 aromatic heterocycles. The number of aromatic nitrogens is 2. The molecular formula is C16H23N5O. The lowest BCUT2D eigenvalue weighted by Crippen LogP contribution is -2.50. The molecule has 2 amide bonds. The second-order valence-electron chi connectivity index (χ2n) is 6.06. The van der Waals surface area contributed by atoms with Crippen LogP contribution in [0, 0.1) is 0 Å². The lowest BCUT2D eigenvalue weighted by atomic mass is 10.1. The molecule has 118 valence electrons. The van der Waals surface area contributed by atoms with Gasteiger partial charge in [-0.2, -0.15) is 0 Å². The van der Waals surface area contributed by atoms with Crippen molar-refractivity contribution in [2.45, 2.75) is 25.4 Å². The van der Waals surface area contributed by atoms with E-state index in [9.17, 15) is 4.79 Å². The number of rotatable bonds is 3. The summed E-state index contributed by atoms with van der Waals surface area (Å²) in [6, 6.07) is 6.34. The minimum atomic E-state index is 0.00334. The van der Waals surface area contributed by atoms with Crippen molar-refractivity contribution < 1.29 is 4.79 Å². The Hall–Kier alpha value is -2.08. The van der Waals surface area contributed by atoms with E-state index < -0.39 is 0 Å². The van der Waals surface area contributed by atoms with Crippen LogP contribution in [0.25, 0.3) is 5.65 Å². The van der Waals surface area contributed by atoms with Crippen LogP contribution in [-0.4, -0.2) is 58.4 Å². The van der Waals surface area contributed by atoms with E-state index in [4.69, 9.17) is 0 Å². The van der Waals surface area contributed by atoms with Crippen molar-refractivity contribution in [3.05, 3.63) is 36.3 Å². The van der Waals surface area contributed by atoms with Gasteiger partial charge < -0.3 is 19.5 Å². The Morgan fingerprint density at radius 2 is 2.32 bits per heavy atom. The third kappa shape index (κ3) is 3.22. The summed E-state index contributed by atoms with van der Waals surface area (Å²) in [6.45, 7) is 2.09. The molecule has 6 heteroatoms. The number of fused-ring (bicyclic) bond motifs is 1. The number of carbonyl (C=O) groups excluding carboxylic acids is 1. The highest BCUT2D eigenvalue weighted by molar-refractivity contribution is 5.74. The highest BCUT2D eigenvalue weighted by atomic mass is 16.2. The number of nitrogens with zero attached hydrogens (tertiary/aromatic N) is 4. The Morgan fingerprint density at radius 3 is 3.09 bits per heavy atom. The fourth-order valence-electron chi connectivity index (χ4n) is 2.91. The molecular weight excluding hydrogens is 278 g/mol. The third-order valence-corrected chi connectivity index (χ3v) is 4.25. The molecule has 1 aliphatic heterocycles. The van der Waals surface area contributed by atoms with Crippen molar-refractivity contribution in [2.24, 2.45) is 0 Å². The van der Waals surface area contributed by atoms with E-state index in [0.29, 0.717) is 12.6 Å². The van der Waals surface area contributed by atoms with Crippen LogP contribution in [0.15, 0.2) is 30.6 Å².